The van der Waals surface area contributed by atoms with Gasteiger partial charge in [-0.25, -0.2) is 0 Å². The molecule has 0 saturated heterocycles. The quantitative estimate of drug-likeness (QED) is 0.419. The molecule has 0 unspecified atom stereocenters. The van der Waals surface area contributed by atoms with E-state index in [1.807, 2.05) is 18.2 Å². The Morgan fingerprint density at radius 2 is 1.81 bits per heavy atom. The van der Waals surface area contributed by atoms with Crippen LogP contribution in [0.4, 0.5) is 5.69 Å². The van der Waals surface area contributed by atoms with E-state index < -0.39 is 4.92 Å². The number of aryl methyl sites for hydroxylation is 1. The summed E-state index contributed by atoms with van der Waals surface area (Å²) in [4.78, 5) is 23.0. The largest absolute Gasteiger partial charge is 0.340 e. The fourth-order valence-corrected chi connectivity index (χ4v) is 2.70. The summed E-state index contributed by atoms with van der Waals surface area (Å²) in [5.74, 6) is 0. The number of benzene rings is 2. The highest BCUT2D eigenvalue weighted by Crippen LogP contribution is 2.23. The average Bonchev–Trinajstić information content (AvgIpc) is 2.51. The van der Waals surface area contributed by atoms with Gasteiger partial charge in [-0.1, -0.05) is 19.1 Å². The summed E-state index contributed by atoms with van der Waals surface area (Å²) >= 11 is 0. The van der Waals surface area contributed by atoms with Gasteiger partial charge in [-0.15, -0.1) is 0 Å². The first-order valence-electron chi connectivity index (χ1n) is 6.83. The molecule has 1 aromatic heterocycles. The molecule has 5 nitrogen and oxygen atoms in total. The number of non-ortho nitro benzene ring substituents is 1. The van der Waals surface area contributed by atoms with Crippen molar-refractivity contribution < 1.29 is 4.92 Å². The van der Waals surface area contributed by atoms with Crippen molar-refractivity contribution in [3.63, 3.8) is 0 Å². The smallest absolute Gasteiger partial charge is 0.270 e. The number of nitro benzene ring substituents is 1. The number of rotatable bonds is 3. The summed E-state index contributed by atoms with van der Waals surface area (Å²) in [5.41, 5.74) is 1.39. The zero-order chi connectivity index (χ0) is 15.0. The zero-order valence-corrected chi connectivity index (χ0v) is 11.6. The lowest BCUT2D eigenvalue weighted by atomic mass is 10.1. The van der Waals surface area contributed by atoms with Crippen molar-refractivity contribution >= 4 is 27.5 Å². The van der Waals surface area contributed by atoms with Crippen LogP contribution in [-0.2, 0) is 6.54 Å². The summed E-state index contributed by atoms with van der Waals surface area (Å²) in [6, 6.07) is 11.9. The lowest BCUT2D eigenvalue weighted by Gasteiger charge is -2.14. The van der Waals surface area contributed by atoms with E-state index in [0.717, 1.165) is 24.0 Å². The predicted octanol–water partition coefficient (Wildman–Crippen LogP) is 3.47. The topological polar surface area (TPSA) is 65.1 Å². The number of fused-ring (bicyclic) bond motifs is 2. The third kappa shape index (κ3) is 2.07. The molecule has 0 amide bonds. The van der Waals surface area contributed by atoms with Crippen LogP contribution < -0.4 is 5.43 Å². The van der Waals surface area contributed by atoms with Crippen molar-refractivity contribution in [3.05, 3.63) is 62.8 Å². The molecule has 0 N–H and O–H groups in total. The summed E-state index contributed by atoms with van der Waals surface area (Å²) in [6.45, 7) is 2.82. The van der Waals surface area contributed by atoms with Gasteiger partial charge >= 0.3 is 0 Å². The minimum absolute atomic E-state index is 0.0575. The average molecular weight is 282 g/mol. The van der Waals surface area contributed by atoms with Crippen molar-refractivity contribution in [2.24, 2.45) is 0 Å². The number of nitro groups is 1. The predicted molar refractivity (Wildman–Crippen MR) is 82.7 cm³/mol. The minimum atomic E-state index is -0.474. The number of pyridine rings is 1. The van der Waals surface area contributed by atoms with Gasteiger partial charge in [0.2, 0.25) is 0 Å². The van der Waals surface area contributed by atoms with E-state index in [0.29, 0.717) is 10.8 Å². The second-order valence-corrected chi connectivity index (χ2v) is 4.96. The van der Waals surface area contributed by atoms with Gasteiger partial charge in [-0.2, -0.15) is 0 Å². The molecule has 0 bridgehead atoms. The van der Waals surface area contributed by atoms with Gasteiger partial charge in [0.15, 0.2) is 5.43 Å². The molecule has 0 aliphatic rings. The van der Waals surface area contributed by atoms with Crippen molar-refractivity contribution in [2.75, 3.05) is 0 Å². The van der Waals surface area contributed by atoms with Crippen LogP contribution in [0.1, 0.15) is 13.3 Å². The molecule has 0 saturated carbocycles. The van der Waals surface area contributed by atoms with Crippen LogP contribution in [0.15, 0.2) is 47.3 Å². The van der Waals surface area contributed by atoms with E-state index in [4.69, 9.17) is 0 Å². The Morgan fingerprint density at radius 1 is 1.10 bits per heavy atom. The third-order valence-corrected chi connectivity index (χ3v) is 3.61. The fraction of sp³-hybridized carbons (Fsp3) is 0.188. The number of hydrogen-bond acceptors (Lipinski definition) is 3. The number of nitrogens with zero attached hydrogens (tertiary/aromatic N) is 2. The number of hydrogen-bond donors (Lipinski definition) is 0. The van der Waals surface area contributed by atoms with Crippen LogP contribution in [-0.4, -0.2) is 9.49 Å². The van der Waals surface area contributed by atoms with Gasteiger partial charge in [-0.05, 0) is 24.6 Å². The summed E-state index contributed by atoms with van der Waals surface area (Å²) in [7, 11) is 0. The van der Waals surface area contributed by atoms with Gasteiger partial charge in [0.1, 0.15) is 0 Å². The van der Waals surface area contributed by atoms with E-state index in [1.54, 1.807) is 12.1 Å². The molecule has 3 aromatic rings. The Bertz CT molecular complexity index is 912. The van der Waals surface area contributed by atoms with Crippen molar-refractivity contribution in [1.29, 1.82) is 0 Å². The van der Waals surface area contributed by atoms with E-state index in [-0.39, 0.29) is 11.1 Å². The Labute approximate surface area is 120 Å². The fourth-order valence-electron chi connectivity index (χ4n) is 2.70. The van der Waals surface area contributed by atoms with Crippen LogP contribution in [0, 0.1) is 10.1 Å². The van der Waals surface area contributed by atoms with Crippen LogP contribution >= 0.6 is 0 Å². The molecule has 2 aromatic carbocycles. The second-order valence-electron chi connectivity index (χ2n) is 4.96. The highest BCUT2D eigenvalue weighted by Gasteiger charge is 2.14. The molecule has 106 valence electrons. The maximum absolute atomic E-state index is 12.6. The Balaban J connectivity index is 2.51. The Morgan fingerprint density at radius 3 is 2.52 bits per heavy atom. The molecule has 0 atom stereocenters. The second kappa shape index (κ2) is 5.01. The van der Waals surface area contributed by atoms with Crippen molar-refractivity contribution in [1.82, 2.24) is 4.57 Å². The number of aromatic nitrogens is 1. The molecule has 0 radical (unpaired) electrons. The van der Waals surface area contributed by atoms with Crippen molar-refractivity contribution in [2.45, 2.75) is 19.9 Å². The van der Waals surface area contributed by atoms with E-state index in [1.165, 1.54) is 12.1 Å². The Kier molecular flexibility index (Phi) is 3.17. The maximum atomic E-state index is 12.6. The molecule has 0 aliphatic carbocycles. The SMILES string of the molecule is CCCn1c2ccccc2c(=O)c2cc([N+](=O)[O-])ccc21. The monoisotopic (exact) mass is 282 g/mol. The van der Waals surface area contributed by atoms with Crippen LogP contribution in [0.3, 0.4) is 0 Å². The lowest BCUT2D eigenvalue weighted by molar-refractivity contribution is -0.384. The van der Waals surface area contributed by atoms with Crippen LogP contribution in [0.5, 0.6) is 0 Å². The van der Waals surface area contributed by atoms with Gasteiger partial charge in [-0.3, -0.25) is 14.9 Å². The standard InChI is InChI=1S/C16H14N2O3/c1-2-9-17-14-6-4-3-5-12(14)16(19)13-10-11(18(20)21)7-8-15(13)17/h3-8,10H,2,9H2,1H3. The molecular formula is C16H14N2O3. The zero-order valence-electron chi connectivity index (χ0n) is 11.6. The molecule has 21 heavy (non-hydrogen) atoms. The minimum Gasteiger partial charge on any atom is -0.340 e. The highest BCUT2D eigenvalue weighted by molar-refractivity contribution is 5.94. The lowest BCUT2D eigenvalue weighted by Crippen LogP contribution is -2.11. The molecule has 5 heteroatoms. The van der Waals surface area contributed by atoms with Gasteiger partial charge in [0, 0.05) is 24.1 Å². The van der Waals surface area contributed by atoms with Gasteiger partial charge in [0.25, 0.3) is 5.69 Å². The molecule has 1 heterocycles. The van der Waals surface area contributed by atoms with E-state index in [9.17, 15) is 14.9 Å². The van der Waals surface area contributed by atoms with Crippen LogP contribution in [0.2, 0.25) is 0 Å². The summed E-state index contributed by atoms with van der Waals surface area (Å²) in [5, 5.41) is 11.9. The molecular weight excluding hydrogens is 268 g/mol. The Hall–Kier alpha value is -2.69. The van der Waals surface area contributed by atoms with Gasteiger partial charge < -0.3 is 4.57 Å². The molecule has 3 rings (SSSR count). The first kappa shape index (κ1) is 13.3. The third-order valence-electron chi connectivity index (χ3n) is 3.61. The highest BCUT2D eigenvalue weighted by atomic mass is 16.6. The summed E-state index contributed by atoms with van der Waals surface area (Å²) in [6.07, 6.45) is 0.916. The van der Waals surface area contributed by atoms with E-state index in [2.05, 4.69) is 11.5 Å². The van der Waals surface area contributed by atoms with Crippen molar-refractivity contribution in [3.8, 4) is 0 Å². The molecule has 0 aliphatic heterocycles. The molecule has 0 spiro atoms. The molecule has 0 fully saturated rings. The summed E-state index contributed by atoms with van der Waals surface area (Å²) < 4.78 is 2.05. The first-order chi connectivity index (χ1) is 10.1. The normalized spacial score (nSPS) is 11.1. The number of para-hydroxylation sites is 1. The van der Waals surface area contributed by atoms with E-state index >= 15 is 0 Å². The van der Waals surface area contributed by atoms with Gasteiger partial charge in [0.05, 0.1) is 21.3 Å². The van der Waals surface area contributed by atoms with Crippen LogP contribution in [0.25, 0.3) is 21.8 Å². The maximum Gasteiger partial charge on any atom is 0.270 e. The first-order valence-corrected chi connectivity index (χ1v) is 6.83.